The second-order valence-corrected chi connectivity index (χ2v) is 6.63. The predicted molar refractivity (Wildman–Crippen MR) is 105 cm³/mol. The fourth-order valence-corrected chi connectivity index (χ4v) is 2.63. The van der Waals surface area contributed by atoms with E-state index in [0.717, 1.165) is 11.8 Å². The Morgan fingerprint density at radius 2 is 1.89 bits per heavy atom. The molecule has 0 fully saturated rings. The van der Waals surface area contributed by atoms with Crippen LogP contribution in [0.5, 0.6) is 5.75 Å². The zero-order valence-electron chi connectivity index (χ0n) is 16.6. The van der Waals surface area contributed by atoms with E-state index in [2.05, 4.69) is 20.1 Å². The number of aldehydes is 1. The van der Waals surface area contributed by atoms with Crippen molar-refractivity contribution in [3.8, 4) is 5.75 Å². The van der Waals surface area contributed by atoms with Crippen molar-refractivity contribution in [3.63, 3.8) is 0 Å². The molecule has 0 aliphatic heterocycles. The number of nitrogens with one attached hydrogen (secondary N) is 2. The van der Waals surface area contributed by atoms with Crippen LogP contribution in [0, 0.1) is 0 Å². The zero-order chi connectivity index (χ0) is 20.7. The number of hydrogen-bond acceptors (Lipinski definition) is 6. The quantitative estimate of drug-likeness (QED) is 0.355. The lowest BCUT2D eigenvalue weighted by atomic mass is 9.94. The number of hydrogen-bond donors (Lipinski definition) is 2. The average Bonchev–Trinajstić information content (AvgIpc) is 2.70. The molecule has 0 radical (unpaired) electrons. The van der Waals surface area contributed by atoms with Gasteiger partial charge in [0.15, 0.2) is 12.1 Å². The molecule has 0 aliphatic carbocycles. The largest absolute Gasteiger partial charge is 0.496 e. The zero-order valence-corrected chi connectivity index (χ0v) is 17.8. The van der Waals surface area contributed by atoms with Gasteiger partial charge < -0.3 is 29.4 Å². The van der Waals surface area contributed by atoms with E-state index < -0.39 is 23.5 Å². The Morgan fingerprint density at radius 1 is 1.26 bits per heavy atom. The Balaban J connectivity index is 2.85. The van der Waals surface area contributed by atoms with Crippen LogP contribution in [0.15, 0.2) is 18.2 Å². The van der Waals surface area contributed by atoms with Crippen LogP contribution in [0.25, 0.3) is 0 Å². The molecule has 1 aromatic carbocycles. The molecule has 0 bridgehead atoms. The summed E-state index contributed by atoms with van der Waals surface area (Å²) in [5, 5.41) is 5.56. The highest BCUT2D eigenvalue weighted by Gasteiger charge is 2.33. The van der Waals surface area contributed by atoms with E-state index in [-0.39, 0.29) is 6.54 Å². The molecule has 0 heterocycles. The minimum atomic E-state index is -0.949. The highest BCUT2D eigenvalue weighted by atomic mass is 31.0. The molecule has 9 heteroatoms. The molecule has 0 aliphatic rings. The number of carbonyl (C=O) groups excluding carboxylic acids is 2. The van der Waals surface area contributed by atoms with Gasteiger partial charge in [-0.15, -0.1) is 0 Å². The van der Waals surface area contributed by atoms with Crippen molar-refractivity contribution < 1.29 is 28.3 Å². The van der Waals surface area contributed by atoms with Crippen LogP contribution in [0.2, 0.25) is 0 Å². The minimum Gasteiger partial charge on any atom is -0.496 e. The van der Waals surface area contributed by atoms with E-state index in [1.807, 2.05) is 6.92 Å². The summed E-state index contributed by atoms with van der Waals surface area (Å²) in [5.41, 5.74) is 0.323. The van der Waals surface area contributed by atoms with E-state index in [1.165, 1.54) is 21.3 Å². The van der Waals surface area contributed by atoms with Crippen LogP contribution in [0.3, 0.4) is 0 Å². The van der Waals surface area contributed by atoms with Crippen LogP contribution in [-0.2, 0) is 19.6 Å². The summed E-state index contributed by atoms with van der Waals surface area (Å²) in [6, 6.07) is 4.32. The molecular weight excluding hydrogens is 371 g/mol. The number of rotatable bonds is 10. The Hall–Kier alpha value is -1.73. The molecule has 2 amide bonds. The highest BCUT2D eigenvalue weighted by Crippen LogP contribution is 2.31. The van der Waals surface area contributed by atoms with Crippen molar-refractivity contribution in [2.75, 3.05) is 27.9 Å². The predicted octanol–water partition coefficient (Wildman–Crippen LogP) is 2.23. The molecule has 8 nitrogen and oxygen atoms in total. The van der Waals surface area contributed by atoms with Gasteiger partial charge >= 0.3 is 6.03 Å². The van der Waals surface area contributed by atoms with Crippen LogP contribution < -0.4 is 15.4 Å². The van der Waals surface area contributed by atoms with Crippen molar-refractivity contribution in [1.82, 2.24) is 10.6 Å². The number of ether oxygens (including phenoxy) is 3. The van der Waals surface area contributed by atoms with Gasteiger partial charge in [-0.2, -0.15) is 0 Å². The lowest BCUT2D eigenvalue weighted by Crippen LogP contribution is -2.55. The molecule has 0 saturated heterocycles. The fraction of sp³-hybridized carbons (Fsp3) is 0.556. The summed E-state index contributed by atoms with van der Waals surface area (Å²) < 4.78 is 21.4. The van der Waals surface area contributed by atoms with Crippen molar-refractivity contribution >= 4 is 21.8 Å². The number of carbonyl (C=O) groups is 2. The van der Waals surface area contributed by atoms with Crippen molar-refractivity contribution in [2.45, 2.75) is 38.2 Å². The minimum absolute atomic E-state index is 0.176. The van der Waals surface area contributed by atoms with Gasteiger partial charge in [-0.1, -0.05) is 6.07 Å². The van der Waals surface area contributed by atoms with E-state index in [9.17, 15) is 9.59 Å². The van der Waals surface area contributed by atoms with E-state index >= 15 is 0 Å². The van der Waals surface area contributed by atoms with Gasteiger partial charge in [0.2, 0.25) is 0 Å². The van der Waals surface area contributed by atoms with E-state index in [4.69, 9.17) is 18.7 Å². The Bertz CT molecular complexity index is 653. The molecule has 3 unspecified atom stereocenters. The van der Waals surface area contributed by atoms with Crippen LogP contribution in [-0.4, -0.2) is 52.0 Å². The number of methoxy groups -OCH3 is 3. The topological polar surface area (TPSA) is 95.1 Å². The average molecular weight is 400 g/mol. The summed E-state index contributed by atoms with van der Waals surface area (Å²) in [6.45, 7) is 5.50. The Labute approximate surface area is 162 Å². The summed E-state index contributed by atoms with van der Waals surface area (Å²) in [4.78, 5) is 23.3. The van der Waals surface area contributed by atoms with Gasteiger partial charge in [0.05, 0.1) is 25.3 Å². The second-order valence-electron chi connectivity index (χ2n) is 6.40. The maximum atomic E-state index is 12.3. The van der Waals surface area contributed by atoms with E-state index in [0.29, 0.717) is 11.3 Å². The molecule has 152 valence electrons. The van der Waals surface area contributed by atoms with Crippen molar-refractivity contribution in [2.24, 2.45) is 0 Å². The van der Waals surface area contributed by atoms with Gasteiger partial charge in [0.1, 0.15) is 11.4 Å². The molecule has 27 heavy (non-hydrogen) atoms. The number of urea groups is 1. The van der Waals surface area contributed by atoms with Gasteiger partial charge in [-0.25, -0.2) is 4.79 Å². The molecule has 2 N–H and O–H groups in total. The first-order chi connectivity index (χ1) is 12.7. The first-order valence-electron chi connectivity index (χ1n) is 8.36. The van der Waals surface area contributed by atoms with Gasteiger partial charge in [0.25, 0.3) is 0 Å². The third kappa shape index (κ3) is 5.62. The van der Waals surface area contributed by atoms with Crippen molar-refractivity contribution in [1.29, 1.82) is 0 Å². The molecule has 3 atom stereocenters. The number of amides is 2. The second kappa shape index (κ2) is 9.99. The first-order valence-corrected chi connectivity index (χ1v) is 8.83. The molecule has 0 saturated carbocycles. The SMILES string of the molecule is COc1cc(C(C)(CNC(=O)NC(C)C(C)(OC)OC)OP)ccc1C=O. The summed E-state index contributed by atoms with van der Waals surface area (Å²) in [5.74, 6) is -0.514. The monoisotopic (exact) mass is 400 g/mol. The van der Waals surface area contributed by atoms with Gasteiger partial charge in [0, 0.05) is 23.7 Å². The third-order valence-corrected chi connectivity index (χ3v) is 5.28. The van der Waals surface area contributed by atoms with Crippen molar-refractivity contribution in [3.05, 3.63) is 29.3 Å². The normalized spacial score (nSPS) is 14.8. The molecule has 1 aromatic rings. The molecule has 1 rings (SSSR count). The summed E-state index contributed by atoms with van der Waals surface area (Å²) in [7, 11) is 6.71. The Kier molecular flexibility index (Phi) is 8.62. The summed E-state index contributed by atoms with van der Waals surface area (Å²) in [6.07, 6.45) is 0.719. The first kappa shape index (κ1) is 23.3. The summed E-state index contributed by atoms with van der Waals surface area (Å²) >= 11 is 0. The molecule has 0 aromatic heterocycles. The van der Waals surface area contributed by atoms with Crippen LogP contribution in [0.1, 0.15) is 36.7 Å². The highest BCUT2D eigenvalue weighted by molar-refractivity contribution is 7.09. The third-order valence-electron chi connectivity index (χ3n) is 4.76. The van der Waals surface area contributed by atoms with E-state index in [1.54, 1.807) is 32.0 Å². The van der Waals surface area contributed by atoms with Gasteiger partial charge in [-0.3, -0.25) is 4.79 Å². The van der Waals surface area contributed by atoms with Gasteiger partial charge in [-0.05, 0) is 38.5 Å². The van der Waals surface area contributed by atoms with Crippen LogP contribution >= 0.6 is 9.47 Å². The maximum Gasteiger partial charge on any atom is 0.315 e. The lowest BCUT2D eigenvalue weighted by Gasteiger charge is -2.34. The smallest absolute Gasteiger partial charge is 0.315 e. The fourth-order valence-electron chi connectivity index (χ4n) is 2.41. The standard InChI is InChI=1S/C18H29N2O6P/c1-12(18(3,24-5)25-6)20-16(22)19-11-17(2,26-27)14-8-7-13(10-21)15(9-14)23-4/h7-10,12H,11,27H2,1-6H3,(H2,19,20,22). The molecular formula is C18H29N2O6P. The maximum absolute atomic E-state index is 12.3. The Morgan fingerprint density at radius 3 is 2.37 bits per heavy atom. The van der Waals surface area contributed by atoms with Crippen LogP contribution in [0.4, 0.5) is 4.79 Å². The number of benzene rings is 1. The molecule has 0 spiro atoms. The lowest BCUT2D eigenvalue weighted by molar-refractivity contribution is -0.207.